The summed E-state index contributed by atoms with van der Waals surface area (Å²) >= 11 is 3.28. The molecule has 4 N–H and O–H groups in total. The second-order valence-corrected chi connectivity index (χ2v) is 5.44. The molecule has 21 heavy (non-hydrogen) atoms. The van der Waals surface area contributed by atoms with E-state index in [0.29, 0.717) is 16.9 Å². The number of aryl methyl sites for hydroxylation is 1. The third-order valence-corrected chi connectivity index (χ3v) is 3.49. The number of benzene rings is 2. The first-order chi connectivity index (χ1) is 9.88. The van der Waals surface area contributed by atoms with E-state index in [1.165, 1.54) is 12.1 Å². The highest BCUT2D eigenvalue weighted by Gasteiger charge is 2.13. The summed E-state index contributed by atoms with van der Waals surface area (Å²) in [6.07, 6.45) is 0. The second-order valence-electron chi connectivity index (χ2n) is 4.52. The summed E-state index contributed by atoms with van der Waals surface area (Å²) in [6.45, 7) is 1.78. The zero-order valence-corrected chi connectivity index (χ0v) is 12.8. The van der Waals surface area contributed by atoms with E-state index < -0.39 is 5.97 Å². The summed E-state index contributed by atoms with van der Waals surface area (Å²) in [5.41, 5.74) is 7.78. The van der Waals surface area contributed by atoms with Crippen LogP contribution in [0.1, 0.15) is 26.3 Å². The van der Waals surface area contributed by atoms with Crippen molar-refractivity contribution in [1.29, 1.82) is 0 Å². The number of halogens is 1. The average Bonchev–Trinajstić information content (AvgIpc) is 2.43. The molecule has 0 heterocycles. The number of nitrogens with one attached hydrogen (secondary N) is 1. The molecule has 108 valence electrons. The van der Waals surface area contributed by atoms with Crippen molar-refractivity contribution in [3.8, 4) is 0 Å². The van der Waals surface area contributed by atoms with Gasteiger partial charge in [0.15, 0.2) is 0 Å². The smallest absolute Gasteiger partial charge is 0.335 e. The van der Waals surface area contributed by atoms with E-state index in [-0.39, 0.29) is 11.5 Å². The van der Waals surface area contributed by atoms with Crippen LogP contribution in [0.25, 0.3) is 0 Å². The molecule has 0 radical (unpaired) electrons. The highest BCUT2D eigenvalue weighted by Crippen LogP contribution is 2.22. The Bertz CT molecular complexity index is 729. The molecule has 0 aromatic heterocycles. The van der Waals surface area contributed by atoms with Crippen molar-refractivity contribution in [2.45, 2.75) is 6.92 Å². The van der Waals surface area contributed by atoms with Gasteiger partial charge in [0, 0.05) is 15.8 Å². The van der Waals surface area contributed by atoms with Gasteiger partial charge < -0.3 is 16.2 Å². The fourth-order valence-electron chi connectivity index (χ4n) is 1.80. The highest BCUT2D eigenvalue weighted by atomic mass is 79.9. The monoisotopic (exact) mass is 348 g/mol. The standard InChI is InChI=1S/C15H13BrN2O3/c1-8-2-3-9(15(20)21)6-13(8)18-14(19)11-7-10(16)4-5-12(11)17/h2-7H,17H2,1H3,(H,18,19)(H,20,21). The molecule has 0 fully saturated rings. The number of carboxylic acid groups (broad SMARTS) is 1. The number of nitrogen functional groups attached to an aromatic ring is 1. The van der Waals surface area contributed by atoms with E-state index in [0.717, 1.165) is 10.0 Å². The first-order valence-corrected chi connectivity index (χ1v) is 6.88. The van der Waals surface area contributed by atoms with Gasteiger partial charge in [0.2, 0.25) is 0 Å². The first-order valence-electron chi connectivity index (χ1n) is 6.09. The molecular formula is C15H13BrN2O3. The van der Waals surface area contributed by atoms with Gasteiger partial charge in [0.05, 0.1) is 11.1 Å². The Hall–Kier alpha value is -2.34. The summed E-state index contributed by atoms with van der Waals surface area (Å²) in [5.74, 6) is -1.44. The van der Waals surface area contributed by atoms with E-state index in [4.69, 9.17) is 10.8 Å². The molecule has 6 heteroatoms. The van der Waals surface area contributed by atoms with Crippen molar-refractivity contribution in [3.63, 3.8) is 0 Å². The fourth-order valence-corrected chi connectivity index (χ4v) is 2.17. The molecule has 2 aromatic carbocycles. The topological polar surface area (TPSA) is 92.4 Å². The molecule has 0 unspecified atom stereocenters. The minimum absolute atomic E-state index is 0.109. The third-order valence-electron chi connectivity index (χ3n) is 2.99. The Balaban J connectivity index is 2.33. The maximum absolute atomic E-state index is 12.3. The number of rotatable bonds is 3. The molecule has 0 saturated carbocycles. The number of amides is 1. The molecule has 5 nitrogen and oxygen atoms in total. The van der Waals surface area contributed by atoms with Crippen molar-refractivity contribution in [3.05, 3.63) is 57.6 Å². The Morgan fingerprint density at radius 2 is 1.90 bits per heavy atom. The maximum atomic E-state index is 12.3. The van der Waals surface area contributed by atoms with E-state index >= 15 is 0 Å². The molecule has 2 rings (SSSR count). The minimum atomic E-state index is -1.05. The van der Waals surface area contributed by atoms with E-state index in [1.807, 2.05) is 0 Å². The number of nitrogens with two attached hydrogens (primary N) is 1. The molecule has 0 aliphatic heterocycles. The lowest BCUT2D eigenvalue weighted by molar-refractivity contribution is 0.0696. The molecule has 1 amide bonds. The normalized spacial score (nSPS) is 10.2. The number of aromatic carboxylic acids is 1. The lowest BCUT2D eigenvalue weighted by Crippen LogP contribution is -2.15. The summed E-state index contributed by atoms with van der Waals surface area (Å²) in [7, 11) is 0. The van der Waals surface area contributed by atoms with Gasteiger partial charge in [0.25, 0.3) is 5.91 Å². The zero-order chi connectivity index (χ0) is 15.6. The summed E-state index contributed by atoms with van der Waals surface area (Å²) in [5, 5.41) is 11.7. The Morgan fingerprint density at radius 1 is 1.19 bits per heavy atom. The number of hydrogen-bond donors (Lipinski definition) is 3. The van der Waals surface area contributed by atoms with Crippen molar-refractivity contribution in [2.24, 2.45) is 0 Å². The number of hydrogen-bond acceptors (Lipinski definition) is 3. The van der Waals surface area contributed by atoms with Gasteiger partial charge in [-0.05, 0) is 42.8 Å². The molecule has 0 aliphatic rings. The van der Waals surface area contributed by atoms with Crippen LogP contribution in [-0.2, 0) is 0 Å². The minimum Gasteiger partial charge on any atom is -0.478 e. The van der Waals surface area contributed by atoms with E-state index in [2.05, 4.69) is 21.2 Å². The van der Waals surface area contributed by atoms with E-state index in [9.17, 15) is 9.59 Å². The lowest BCUT2D eigenvalue weighted by atomic mass is 10.1. The first kappa shape index (κ1) is 15.1. The number of carboxylic acids is 1. The Kier molecular flexibility index (Phi) is 4.28. The van der Waals surface area contributed by atoms with Crippen LogP contribution < -0.4 is 11.1 Å². The van der Waals surface area contributed by atoms with Crippen LogP contribution in [0.4, 0.5) is 11.4 Å². The van der Waals surface area contributed by atoms with Crippen molar-refractivity contribution >= 4 is 39.2 Å². The largest absolute Gasteiger partial charge is 0.478 e. The van der Waals surface area contributed by atoms with E-state index in [1.54, 1.807) is 31.2 Å². The number of anilines is 2. The van der Waals surface area contributed by atoms with Gasteiger partial charge in [-0.2, -0.15) is 0 Å². The third kappa shape index (κ3) is 3.41. The molecular weight excluding hydrogens is 336 g/mol. The van der Waals surface area contributed by atoms with Gasteiger partial charge in [-0.25, -0.2) is 4.79 Å². The van der Waals surface area contributed by atoms with Crippen LogP contribution >= 0.6 is 15.9 Å². The Labute approximate surface area is 129 Å². The van der Waals surface area contributed by atoms with Crippen molar-refractivity contribution in [1.82, 2.24) is 0 Å². The molecule has 2 aromatic rings. The van der Waals surface area contributed by atoms with Crippen LogP contribution in [-0.4, -0.2) is 17.0 Å². The van der Waals surface area contributed by atoms with Gasteiger partial charge in [-0.3, -0.25) is 4.79 Å². The highest BCUT2D eigenvalue weighted by molar-refractivity contribution is 9.10. The average molecular weight is 349 g/mol. The van der Waals surface area contributed by atoms with Gasteiger partial charge >= 0.3 is 5.97 Å². The second kappa shape index (κ2) is 5.97. The SMILES string of the molecule is Cc1ccc(C(=O)O)cc1NC(=O)c1cc(Br)ccc1N. The number of carbonyl (C=O) groups is 2. The summed E-state index contributed by atoms with van der Waals surface area (Å²) in [4.78, 5) is 23.2. The van der Waals surface area contributed by atoms with Crippen LogP contribution in [0.2, 0.25) is 0 Å². The zero-order valence-electron chi connectivity index (χ0n) is 11.2. The van der Waals surface area contributed by atoms with Gasteiger partial charge in [-0.15, -0.1) is 0 Å². The molecule has 0 bridgehead atoms. The van der Waals surface area contributed by atoms with Gasteiger partial charge in [-0.1, -0.05) is 22.0 Å². The predicted octanol–water partition coefficient (Wildman–Crippen LogP) is 3.29. The summed E-state index contributed by atoms with van der Waals surface area (Å²) in [6, 6.07) is 9.52. The quantitative estimate of drug-likeness (QED) is 0.742. The van der Waals surface area contributed by atoms with Crippen LogP contribution in [0.5, 0.6) is 0 Å². The summed E-state index contributed by atoms with van der Waals surface area (Å²) < 4.78 is 0.734. The molecule has 0 aliphatic carbocycles. The molecule has 0 spiro atoms. The lowest BCUT2D eigenvalue weighted by Gasteiger charge is -2.11. The number of carbonyl (C=O) groups excluding carboxylic acids is 1. The predicted molar refractivity (Wildman–Crippen MR) is 84.6 cm³/mol. The molecule has 0 saturated heterocycles. The molecule has 0 atom stereocenters. The van der Waals surface area contributed by atoms with Crippen molar-refractivity contribution in [2.75, 3.05) is 11.1 Å². The van der Waals surface area contributed by atoms with Crippen LogP contribution in [0.15, 0.2) is 40.9 Å². The Morgan fingerprint density at radius 3 is 2.57 bits per heavy atom. The van der Waals surface area contributed by atoms with Crippen LogP contribution in [0.3, 0.4) is 0 Å². The van der Waals surface area contributed by atoms with Crippen LogP contribution in [0, 0.1) is 6.92 Å². The maximum Gasteiger partial charge on any atom is 0.335 e. The van der Waals surface area contributed by atoms with Crippen molar-refractivity contribution < 1.29 is 14.7 Å². The van der Waals surface area contributed by atoms with Gasteiger partial charge in [0.1, 0.15) is 0 Å². The fraction of sp³-hybridized carbons (Fsp3) is 0.0667.